The molecule has 0 aromatic rings. The zero-order chi connectivity index (χ0) is 13.7. The van der Waals surface area contributed by atoms with Gasteiger partial charge in [-0.05, 0) is 30.3 Å². The minimum atomic E-state index is 0.340. The summed E-state index contributed by atoms with van der Waals surface area (Å²) in [6.45, 7) is 4.11. The highest BCUT2D eigenvalue weighted by molar-refractivity contribution is 7.99. The predicted octanol–water partition coefficient (Wildman–Crippen LogP) is 0.950. The van der Waals surface area contributed by atoms with Crippen LogP contribution in [0.1, 0.15) is 19.3 Å². The van der Waals surface area contributed by atoms with Gasteiger partial charge in [-0.15, -0.1) is 0 Å². The van der Waals surface area contributed by atoms with Crippen LogP contribution < -0.4 is 5.73 Å². The van der Waals surface area contributed by atoms with Crippen LogP contribution in [0.2, 0.25) is 0 Å². The van der Waals surface area contributed by atoms with Gasteiger partial charge in [-0.3, -0.25) is 9.69 Å². The molecule has 0 atom stereocenters. The van der Waals surface area contributed by atoms with Gasteiger partial charge < -0.3 is 10.6 Å². The molecule has 2 rings (SSSR count). The molecule has 0 spiro atoms. The van der Waals surface area contributed by atoms with Crippen LogP contribution >= 0.6 is 24.0 Å². The molecule has 4 nitrogen and oxygen atoms in total. The lowest BCUT2D eigenvalue weighted by molar-refractivity contribution is -0.133. The monoisotopic (exact) mass is 301 g/mol. The Kier molecular flexibility index (Phi) is 5.91. The Morgan fingerprint density at radius 1 is 1.21 bits per heavy atom. The summed E-state index contributed by atoms with van der Waals surface area (Å²) in [6, 6.07) is 0. The number of thioether (sulfide) groups is 1. The van der Waals surface area contributed by atoms with Gasteiger partial charge in [0, 0.05) is 39.1 Å². The summed E-state index contributed by atoms with van der Waals surface area (Å²) in [5, 5.41) is 0. The molecule has 0 bridgehead atoms. The molecule has 0 aromatic carbocycles. The number of hydrogen-bond acceptors (Lipinski definition) is 4. The third-order valence-corrected chi connectivity index (χ3v) is 5.09. The maximum absolute atomic E-state index is 12.2. The van der Waals surface area contributed by atoms with E-state index in [1.165, 1.54) is 24.3 Å². The van der Waals surface area contributed by atoms with Gasteiger partial charge in [0.05, 0.1) is 4.99 Å². The average molecular weight is 301 g/mol. The molecular formula is C13H23N3OS2. The van der Waals surface area contributed by atoms with Gasteiger partial charge in [0.1, 0.15) is 0 Å². The quantitative estimate of drug-likeness (QED) is 0.784. The molecule has 0 saturated carbocycles. The first-order valence-electron chi connectivity index (χ1n) is 7.01. The number of amides is 1. The van der Waals surface area contributed by atoms with E-state index in [0.29, 0.717) is 23.4 Å². The summed E-state index contributed by atoms with van der Waals surface area (Å²) in [4.78, 5) is 17.0. The van der Waals surface area contributed by atoms with E-state index in [9.17, 15) is 4.79 Å². The van der Waals surface area contributed by atoms with Gasteiger partial charge in [-0.1, -0.05) is 12.2 Å². The Bertz CT molecular complexity index is 324. The largest absolute Gasteiger partial charge is 0.392 e. The van der Waals surface area contributed by atoms with Crippen molar-refractivity contribution in [3.8, 4) is 0 Å². The van der Waals surface area contributed by atoms with Crippen LogP contribution in [0, 0.1) is 5.92 Å². The van der Waals surface area contributed by atoms with Crippen molar-refractivity contribution in [1.82, 2.24) is 9.80 Å². The van der Waals surface area contributed by atoms with Gasteiger partial charge in [0.15, 0.2) is 0 Å². The van der Waals surface area contributed by atoms with Crippen molar-refractivity contribution in [3.05, 3.63) is 0 Å². The molecule has 1 amide bonds. The molecule has 0 radical (unpaired) electrons. The van der Waals surface area contributed by atoms with Crippen molar-refractivity contribution in [2.75, 3.05) is 44.2 Å². The molecule has 108 valence electrons. The van der Waals surface area contributed by atoms with Crippen molar-refractivity contribution in [3.63, 3.8) is 0 Å². The maximum Gasteiger partial charge on any atom is 0.222 e. The molecule has 2 N–H and O–H groups in total. The zero-order valence-corrected chi connectivity index (χ0v) is 13.0. The second-order valence-corrected chi connectivity index (χ2v) is 7.13. The number of hydrogen-bond donors (Lipinski definition) is 1. The second-order valence-electron chi connectivity index (χ2n) is 5.38. The van der Waals surface area contributed by atoms with Gasteiger partial charge in [0.25, 0.3) is 0 Å². The van der Waals surface area contributed by atoms with Gasteiger partial charge in [-0.25, -0.2) is 0 Å². The van der Waals surface area contributed by atoms with E-state index >= 15 is 0 Å². The first kappa shape index (κ1) is 15.1. The number of nitrogens with zero attached hydrogens (tertiary/aromatic N) is 2. The van der Waals surface area contributed by atoms with E-state index in [1.807, 2.05) is 16.7 Å². The van der Waals surface area contributed by atoms with Gasteiger partial charge >= 0.3 is 0 Å². The maximum atomic E-state index is 12.2. The van der Waals surface area contributed by atoms with E-state index in [1.54, 1.807) is 0 Å². The lowest BCUT2D eigenvalue weighted by Gasteiger charge is -2.35. The zero-order valence-electron chi connectivity index (χ0n) is 11.3. The highest BCUT2D eigenvalue weighted by Crippen LogP contribution is 2.26. The Morgan fingerprint density at radius 3 is 2.42 bits per heavy atom. The van der Waals surface area contributed by atoms with Crippen molar-refractivity contribution in [2.45, 2.75) is 19.3 Å². The summed E-state index contributed by atoms with van der Waals surface area (Å²) >= 11 is 6.93. The van der Waals surface area contributed by atoms with Crippen LogP contribution in [0.4, 0.5) is 0 Å². The fourth-order valence-corrected chi connectivity index (χ4v) is 4.09. The molecule has 2 heterocycles. The lowest BCUT2D eigenvalue weighted by atomic mass is 9.98. The summed E-state index contributed by atoms with van der Waals surface area (Å²) < 4.78 is 0. The topological polar surface area (TPSA) is 49.6 Å². The molecule has 2 saturated heterocycles. The third-order valence-electron chi connectivity index (χ3n) is 3.91. The highest BCUT2D eigenvalue weighted by atomic mass is 32.2. The van der Waals surface area contributed by atoms with Crippen molar-refractivity contribution >= 4 is 34.9 Å². The fourth-order valence-electron chi connectivity index (χ4n) is 2.70. The Balaban J connectivity index is 1.71. The van der Waals surface area contributed by atoms with Crippen LogP contribution in [-0.4, -0.2) is 64.9 Å². The Labute approximate surface area is 125 Å². The average Bonchev–Trinajstić information content (AvgIpc) is 2.40. The minimum Gasteiger partial charge on any atom is -0.392 e. The van der Waals surface area contributed by atoms with Crippen LogP contribution in [0.5, 0.6) is 0 Å². The first-order valence-corrected chi connectivity index (χ1v) is 8.57. The summed E-state index contributed by atoms with van der Waals surface area (Å²) in [5.41, 5.74) is 5.55. The van der Waals surface area contributed by atoms with E-state index in [4.69, 9.17) is 18.0 Å². The molecule has 2 fully saturated rings. The molecule has 2 aliphatic heterocycles. The first-order chi connectivity index (χ1) is 9.15. The molecular weight excluding hydrogens is 278 g/mol. The molecule has 2 aliphatic rings. The van der Waals surface area contributed by atoms with Crippen LogP contribution in [-0.2, 0) is 4.79 Å². The number of rotatable bonds is 4. The predicted molar refractivity (Wildman–Crippen MR) is 84.5 cm³/mol. The number of piperazine rings is 1. The van der Waals surface area contributed by atoms with E-state index in [-0.39, 0.29) is 0 Å². The van der Waals surface area contributed by atoms with E-state index in [0.717, 1.165) is 32.6 Å². The number of nitrogens with two attached hydrogens (primary N) is 1. The smallest absolute Gasteiger partial charge is 0.222 e. The molecule has 0 aromatic heterocycles. The SMILES string of the molecule is NC(=S)CN1CCN(C(=O)CC2CCSCC2)CC1. The van der Waals surface area contributed by atoms with Crippen molar-refractivity contribution in [2.24, 2.45) is 11.7 Å². The van der Waals surface area contributed by atoms with Crippen LogP contribution in [0.3, 0.4) is 0 Å². The minimum absolute atomic E-state index is 0.340. The van der Waals surface area contributed by atoms with E-state index < -0.39 is 0 Å². The molecule has 0 aliphatic carbocycles. The van der Waals surface area contributed by atoms with E-state index in [2.05, 4.69) is 4.90 Å². The fraction of sp³-hybridized carbons (Fsp3) is 0.846. The third kappa shape index (κ3) is 4.93. The standard InChI is InChI=1S/C13H23N3OS2/c14-12(18)10-15-3-5-16(6-4-15)13(17)9-11-1-7-19-8-2-11/h11H,1-10H2,(H2,14,18). The summed E-state index contributed by atoms with van der Waals surface area (Å²) in [6.07, 6.45) is 3.16. The normalized spacial score (nSPS) is 22.4. The number of thiocarbonyl (C=S) groups is 1. The van der Waals surface area contributed by atoms with Gasteiger partial charge in [-0.2, -0.15) is 11.8 Å². The Hall–Kier alpha value is -0.330. The van der Waals surface area contributed by atoms with Crippen LogP contribution in [0.25, 0.3) is 0 Å². The van der Waals surface area contributed by atoms with Gasteiger partial charge in [0.2, 0.25) is 5.91 Å². The van der Waals surface area contributed by atoms with Crippen LogP contribution in [0.15, 0.2) is 0 Å². The molecule has 19 heavy (non-hydrogen) atoms. The Morgan fingerprint density at radius 2 is 1.84 bits per heavy atom. The number of carbonyl (C=O) groups is 1. The van der Waals surface area contributed by atoms with Crippen molar-refractivity contribution < 1.29 is 4.79 Å². The molecule has 6 heteroatoms. The lowest BCUT2D eigenvalue weighted by Crippen LogP contribution is -2.50. The summed E-state index contributed by atoms with van der Waals surface area (Å²) in [7, 11) is 0. The molecule has 0 unspecified atom stereocenters. The second kappa shape index (κ2) is 7.45. The number of carbonyl (C=O) groups excluding carboxylic acids is 1. The van der Waals surface area contributed by atoms with Crippen molar-refractivity contribution in [1.29, 1.82) is 0 Å². The highest BCUT2D eigenvalue weighted by Gasteiger charge is 2.24. The summed E-state index contributed by atoms with van der Waals surface area (Å²) in [5.74, 6) is 3.40.